The van der Waals surface area contributed by atoms with E-state index in [0.717, 1.165) is 38.1 Å². The van der Waals surface area contributed by atoms with E-state index in [1.54, 1.807) is 0 Å². The summed E-state index contributed by atoms with van der Waals surface area (Å²) in [5, 5.41) is 5.77. The Morgan fingerprint density at radius 2 is 2.14 bits per heavy atom. The Labute approximate surface area is 123 Å². The molecule has 1 aliphatic rings. The molecule has 6 nitrogen and oxygen atoms in total. The summed E-state index contributed by atoms with van der Waals surface area (Å²) in [6.07, 6.45) is 3.71. The summed E-state index contributed by atoms with van der Waals surface area (Å²) in [6.45, 7) is 0.794. The molecule has 0 saturated carbocycles. The standard InChI is InChI=1S/C13H18FN3O3S/c1-21(19,20)17-12-8-9(5-6-10(12)14)16-13(18)11-4-2-3-7-15-11/h5-6,8,11,15,17H,2-4,7H2,1H3,(H,16,18)/t11-/m1/s1. The molecular weight excluding hydrogens is 297 g/mol. The molecule has 0 aromatic heterocycles. The molecule has 116 valence electrons. The summed E-state index contributed by atoms with van der Waals surface area (Å²) >= 11 is 0. The lowest BCUT2D eigenvalue weighted by Gasteiger charge is -2.22. The summed E-state index contributed by atoms with van der Waals surface area (Å²) in [7, 11) is -3.58. The van der Waals surface area contributed by atoms with Crippen LogP contribution in [-0.4, -0.2) is 33.2 Å². The first-order valence-corrected chi connectivity index (χ1v) is 8.56. The van der Waals surface area contributed by atoms with Crippen molar-refractivity contribution in [2.45, 2.75) is 25.3 Å². The fourth-order valence-electron chi connectivity index (χ4n) is 2.19. The van der Waals surface area contributed by atoms with Crippen molar-refractivity contribution in [3.05, 3.63) is 24.0 Å². The van der Waals surface area contributed by atoms with Crippen molar-refractivity contribution in [2.75, 3.05) is 22.8 Å². The van der Waals surface area contributed by atoms with Crippen LogP contribution in [-0.2, 0) is 14.8 Å². The number of hydrogen-bond donors (Lipinski definition) is 3. The number of benzene rings is 1. The maximum atomic E-state index is 13.5. The van der Waals surface area contributed by atoms with Crippen LogP contribution in [0.15, 0.2) is 18.2 Å². The Bertz CT molecular complexity index is 628. The molecule has 1 aromatic rings. The van der Waals surface area contributed by atoms with Gasteiger partial charge in [0.1, 0.15) is 5.82 Å². The van der Waals surface area contributed by atoms with Crippen LogP contribution in [0.4, 0.5) is 15.8 Å². The number of nitrogens with one attached hydrogen (secondary N) is 3. The molecule has 0 radical (unpaired) electrons. The van der Waals surface area contributed by atoms with Crippen LogP contribution < -0.4 is 15.4 Å². The van der Waals surface area contributed by atoms with Crippen LogP contribution in [0.2, 0.25) is 0 Å². The van der Waals surface area contributed by atoms with Gasteiger partial charge in [-0.1, -0.05) is 6.42 Å². The van der Waals surface area contributed by atoms with Crippen molar-refractivity contribution in [3.63, 3.8) is 0 Å². The number of halogens is 1. The molecule has 3 N–H and O–H groups in total. The zero-order chi connectivity index (χ0) is 15.5. The lowest BCUT2D eigenvalue weighted by atomic mass is 10.0. The van der Waals surface area contributed by atoms with Crippen molar-refractivity contribution in [2.24, 2.45) is 0 Å². The van der Waals surface area contributed by atoms with Crippen molar-refractivity contribution in [1.82, 2.24) is 5.32 Å². The normalized spacial score (nSPS) is 19.0. The van der Waals surface area contributed by atoms with Gasteiger partial charge < -0.3 is 10.6 Å². The van der Waals surface area contributed by atoms with Gasteiger partial charge in [-0.25, -0.2) is 12.8 Å². The molecule has 1 saturated heterocycles. The SMILES string of the molecule is CS(=O)(=O)Nc1cc(NC(=O)[C@H]2CCCCN2)ccc1F. The van der Waals surface area contributed by atoms with Crippen molar-refractivity contribution in [3.8, 4) is 0 Å². The molecule has 1 fully saturated rings. The Kier molecular flexibility index (Phi) is 4.79. The first kappa shape index (κ1) is 15.7. The molecule has 21 heavy (non-hydrogen) atoms. The van der Waals surface area contributed by atoms with E-state index < -0.39 is 15.8 Å². The van der Waals surface area contributed by atoms with E-state index >= 15 is 0 Å². The van der Waals surface area contributed by atoms with E-state index in [1.807, 2.05) is 0 Å². The van der Waals surface area contributed by atoms with Crippen molar-refractivity contribution >= 4 is 27.3 Å². The summed E-state index contributed by atoms with van der Waals surface area (Å²) < 4.78 is 37.9. The lowest BCUT2D eigenvalue weighted by molar-refractivity contribution is -0.118. The highest BCUT2D eigenvalue weighted by atomic mass is 32.2. The highest BCUT2D eigenvalue weighted by molar-refractivity contribution is 7.92. The second kappa shape index (κ2) is 6.40. The molecule has 0 aliphatic carbocycles. The summed E-state index contributed by atoms with van der Waals surface area (Å²) in [4.78, 5) is 12.0. The highest BCUT2D eigenvalue weighted by Crippen LogP contribution is 2.21. The number of rotatable bonds is 4. The van der Waals surface area contributed by atoms with E-state index in [9.17, 15) is 17.6 Å². The topological polar surface area (TPSA) is 87.3 Å². The number of hydrogen-bond acceptors (Lipinski definition) is 4. The van der Waals surface area contributed by atoms with Gasteiger partial charge in [-0.2, -0.15) is 0 Å². The minimum atomic E-state index is -3.58. The van der Waals surface area contributed by atoms with Gasteiger partial charge in [-0.3, -0.25) is 9.52 Å². The Morgan fingerprint density at radius 3 is 2.76 bits per heavy atom. The third-order valence-electron chi connectivity index (χ3n) is 3.16. The van der Waals surface area contributed by atoms with E-state index in [-0.39, 0.29) is 17.6 Å². The maximum Gasteiger partial charge on any atom is 0.241 e. The minimum absolute atomic E-state index is 0.188. The zero-order valence-electron chi connectivity index (χ0n) is 11.6. The van der Waals surface area contributed by atoms with Crippen LogP contribution in [0.25, 0.3) is 0 Å². The van der Waals surface area contributed by atoms with Crippen molar-refractivity contribution < 1.29 is 17.6 Å². The van der Waals surface area contributed by atoms with E-state index in [1.165, 1.54) is 12.1 Å². The van der Waals surface area contributed by atoms with Gasteiger partial charge >= 0.3 is 0 Å². The van der Waals surface area contributed by atoms with Crippen LogP contribution in [0.1, 0.15) is 19.3 Å². The van der Waals surface area contributed by atoms with E-state index in [2.05, 4.69) is 15.4 Å². The Balaban J connectivity index is 2.09. The number of sulfonamides is 1. The molecule has 0 bridgehead atoms. The van der Waals surface area contributed by atoms with Crippen LogP contribution in [0.3, 0.4) is 0 Å². The third kappa shape index (κ3) is 4.68. The van der Waals surface area contributed by atoms with Gasteiger partial charge in [-0.15, -0.1) is 0 Å². The van der Waals surface area contributed by atoms with Gasteiger partial charge in [0.05, 0.1) is 18.0 Å². The van der Waals surface area contributed by atoms with Gasteiger partial charge in [-0.05, 0) is 37.6 Å². The largest absolute Gasteiger partial charge is 0.325 e. The molecule has 2 rings (SSSR count). The van der Waals surface area contributed by atoms with Gasteiger partial charge in [0.2, 0.25) is 15.9 Å². The predicted molar refractivity (Wildman–Crippen MR) is 79.1 cm³/mol. The summed E-state index contributed by atoms with van der Waals surface area (Å²) in [6, 6.07) is 3.49. The number of anilines is 2. The zero-order valence-corrected chi connectivity index (χ0v) is 12.5. The average molecular weight is 315 g/mol. The average Bonchev–Trinajstić information content (AvgIpc) is 2.42. The molecule has 0 unspecified atom stereocenters. The van der Waals surface area contributed by atoms with E-state index in [0.29, 0.717) is 5.69 Å². The maximum absolute atomic E-state index is 13.5. The lowest BCUT2D eigenvalue weighted by Crippen LogP contribution is -2.43. The second-order valence-electron chi connectivity index (χ2n) is 5.06. The van der Waals surface area contributed by atoms with Gasteiger partial charge in [0.25, 0.3) is 0 Å². The number of carbonyl (C=O) groups excluding carboxylic acids is 1. The molecule has 8 heteroatoms. The second-order valence-corrected chi connectivity index (χ2v) is 6.81. The van der Waals surface area contributed by atoms with Crippen molar-refractivity contribution in [1.29, 1.82) is 0 Å². The number of piperidine rings is 1. The molecule has 0 spiro atoms. The molecule has 1 atom stereocenters. The fourth-order valence-corrected chi connectivity index (χ4v) is 2.74. The molecule has 1 heterocycles. The van der Waals surface area contributed by atoms with Crippen LogP contribution in [0, 0.1) is 5.82 Å². The fraction of sp³-hybridized carbons (Fsp3) is 0.462. The number of carbonyl (C=O) groups is 1. The number of amides is 1. The minimum Gasteiger partial charge on any atom is -0.325 e. The Morgan fingerprint density at radius 1 is 1.38 bits per heavy atom. The summed E-state index contributed by atoms with van der Waals surface area (Å²) in [5.41, 5.74) is 0.159. The van der Waals surface area contributed by atoms with Gasteiger partial charge in [0, 0.05) is 5.69 Å². The molecule has 1 amide bonds. The van der Waals surface area contributed by atoms with E-state index in [4.69, 9.17) is 0 Å². The molecule has 1 aliphatic heterocycles. The molecule has 1 aromatic carbocycles. The highest BCUT2D eigenvalue weighted by Gasteiger charge is 2.20. The van der Waals surface area contributed by atoms with Gasteiger partial charge in [0.15, 0.2) is 0 Å². The van der Waals surface area contributed by atoms with Crippen LogP contribution in [0.5, 0.6) is 0 Å². The third-order valence-corrected chi connectivity index (χ3v) is 3.75. The summed E-state index contributed by atoms with van der Waals surface area (Å²) in [5.74, 6) is -0.902. The smallest absolute Gasteiger partial charge is 0.241 e. The monoisotopic (exact) mass is 315 g/mol. The first-order valence-electron chi connectivity index (χ1n) is 6.67. The van der Waals surface area contributed by atoms with Crippen LogP contribution >= 0.6 is 0 Å². The predicted octanol–water partition coefficient (Wildman–Crippen LogP) is 1.28. The first-order chi connectivity index (χ1) is 9.85. The Hall–Kier alpha value is -1.67. The quantitative estimate of drug-likeness (QED) is 0.781. The molecular formula is C13H18FN3O3S.